The Balaban J connectivity index is 1.41. The molecule has 1 aromatic carbocycles. The first kappa shape index (κ1) is 26.3. The normalized spacial score (nSPS) is 41.4. The number of nitriles is 1. The van der Waals surface area contributed by atoms with Crippen molar-refractivity contribution in [2.24, 2.45) is 22.7 Å². The van der Waals surface area contributed by atoms with Gasteiger partial charge in [-0.1, -0.05) is 50.6 Å². The Kier molecular flexibility index (Phi) is 6.06. The van der Waals surface area contributed by atoms with Crippen LogP contribution in [0.4, 0.5) is 0 Å². The van der Waals surface area contributed by atoms with E-state index in [1.54, 1.807) is 0 Å². The van der Waals surface area contributed by atoms with E-state index in [0.717, 1.165) is 50.5 Å². The molecule has 38 heavy (non-hydrogen) atoms. The Hall–Kier alpha value is -1.97. The van der Waals surface area contributed by atoms with Gasteiger partial charge in [0.2, 0.25) is 0 Å². The van der Waals surface area contributed by atoms with Gasteiger partial charge >= 0.3 is 0 Å². The Morgan fingerprint density at radius 1 is 0.974 bits per heavy atom. The van der Waals surface area contributed by atoms with Crippen LogP contribution >= 0.6 is 0 Å². The lowest BCUT2D eigenvalue weighted by Gasteiger charge is -2.58. The molecule has 4 aliphatic carbocycles. The fraction of sp³-hybridized carbons (Fsp3) is 0.667. The number of ether oxygens (including phenoxy) is 2. The molecule has 5 unspecified atom stereocenters. The first-order chi connectivity index (χ1) is 17.9. The van der Waals surface area contributed by atoms with Gasteiger partial charge in [0.25, 0.3) is 0 Å². The molecular weight excluding hydrogens is 474 g/mol. The van der Waals surface area contributed by atoms with E-state index in [0.29, 0.717) is 31.5 Å². The SMILES string of the molecule is CC1(C)COC2(CCC3=C4C(CCC3(O)C2)C2CCC(C)(O)C2(C)C[C@@H]4c2ccc(/C=C/C#N)cc2)OC1. The molecule has 1 heterocycles. The third-order valence-corrected chi connectivity index (χ3v) is 11.1. The van der Waals surface area contributed by atoms with Crippen LogP contribution in [0, 0.1) is 34.0 Å². The molecule has 0 amide bonds. The van der Waals surface area contributed by atoms with Crippen molar-refractivity contribution in [1.29, 1.82) is 5.26 Å². The summed E-state index contributed by atoms with van der Waals surface area (Å²) in [6.45, 7) is 9.99. The molecule has 1 saturated heterocycles. The van der Waals surface area contributed by atoms with Crippen molar-refractivity contribution in [1.82, 2.24) is 0 Å². The van der Waals surface area contributed by atoms with E-state index in [9.17, 15) is 10.2 Å². The van der Waals surface area contributed by atoms with Crippen LogP contribution in [-0.4, -0.2) is 40.4 Å². The zero-order valence-electron chi connectivity index (χ0n) is 23.4. The maximum Gasteiger partial charge on any atom is 0.171 e. The van der Waals surface area contributed by atoms with Gasteiger partial charge in [-0.2, -0.15) is 5.26 Å². The second-order valence-corrected chi connectivity index (χ2v) is 14.2. The molecule has 0 radical (unpaired) electrons. The third kappa shape index (κ3) is 4.03. The molecule has 1 aliphatic heterocycles. The summed E-state index contributed by atoms with van der Waals surface area (Å²) in [7, 11) is 0. The van der Waals surface area contributed by atoms with E-state index in [-0.39, 0.29) is 16.7 Å². The highest BCUT2D eigenvalue weighted by molar-refractivity contribution is 5.53. The summed E-state index contributed by atoms with van der Waals surface area (Å²) in [5, 5.41) is 32.8. The van der Waals surface area contributed by atoms with Crippen molar-refractivity contribution in [3.8, 4) is 6.07 Å². The second kappa shape index (κ2) is 8.77. The molecule has 0 aromatic heterocycles. The topological polar surface area (TPSA) is 82.7 Å². The molecule has 6 atom stereocenters. The number of nitrogens with zero attached hydrogens (tertiary/aromatic N) is 1. The van der Waals surface area contributed by atoms with Gasteiger partial charge in [-0.3, -0.25) is 0 Å². The third-order valence-electron chi connectivity index (χ3n) is 11.1. The number of aliphatic hydroxyl groups is 2. The van der Waals surface area contributed by atoms with Crippen molar-refractivity contribution in [3.63, 3.8) is 0 Å². The van der Waals surface area contributed by atoms with Crippen molar-refractivity contribution in [2.75, 3.05) is 13.2 Å². The monoisotopic (exact) mass is 517 g/mol. The van der Waals surface area contributed by atoms with Crippen LogP contribution in [0.5, 0.6) is 0 Å². The minimum absolute atomic E-state index is 0.00278. The predicted octanol–water partition coefficient (Wildman–Crippen LogP) is 6.27. The van der Waals surface area contributed by atoms with Crippen molar-refractivity contribution >= 4 is 6.08 Å². The summed E-state index contributed by atoms with van der Waals surface area (Å²) < 4.78 is 12.7. The fourth-order valence-corrected chi connectivity index (χ4v) is 8.75. The van der Waals surface area contributed by atoms with Gasteiger partial charge in [0.05, 0.1) is 30.5 Å². The number of benzene rings is 1. The molecule has 5 heteroatoms. The van der Waals surface area contributed by atoms with Crippen molar-refractivity contribution in [2.45, 2.75) is 102 Å². The van der Waals surface area contributed by atoms with E-state index in [1.165, 1.54) is 22.8 Å². The quantitative estimate of drug-likeness (QED) is 0.357. The number of rotatable bonds is 2. The summed E-state index contributed by atoms with van der Waals surface area (Å²) in [6, 6.07) is 10.6. The van der Waals surface area contributed by atoms with Gasteiger partial charge < -0.3 is 19.7 Å². The highest BCUT2D eigenvalue weighted by Gasteiger charge is 2.63. The lowest BCUT2D eigenvalue weighted by Crippen LogP contribution is -2.58. The second-order valence-electron chi connectivity index (χ2n) is 14.2. The lowest BCUT2D eigenvalue weighted by molar-refractivity contribution is -0.322. The number of allylic oxidation sites excluding steroid dienone is 2. The Morgan fingerprint density at radius 2 is 1.68 bits per heavy atom. The maximum absolute atomic E-state index is 12.3. The summed E-state index contributed by atoms with van der Waals surface area (Å²) in [5.74, 6) is 0.272. The van der Waals surface area contributed by atoms with E-state index < -0.39 is 17.0 Å². The Bertz CT molecular complexity index is 1190. The predicted molar refractivity (Wildman–Crippen MR) is 147 cm³/mol. The molecule has 5 aliphatic rings. The molecule has 1 aromatic rings. The van der Waals surface area contributed by atoms with Crippen LogP contribution in [0.25, 0.3) is 6.08 Å². The Labute approximate surface area is 227 Å². The fourth-order valence-electron chi connectivity index (χ4n) is 8.75. The largest absolute Gasteiger partial charge is 0.390 e. The van der Waals surface area contributed by atoms with Gasteiger partial charge in [0.15, 0.2) is 5.79 Å². The molecule has 204 valence electrons. The highest BCUT2D eigenvalue weighted by Crippen LogP contribution is 2.67. The molecule has 0 bridgehead atoms. The number of hydrogen-bond acceptors (Lipinski definition) is 5. The standard InChI is InChI=1S/C33H43NO4/c1-29(2)20-37-33(38-21-29)16-13-27-28-24(11-15-32(27,36)19-33)26-12-14-31(4,35)30(26,3)18-25(28)23-9-7-22(8-10-23)6-5-17-34/h5-10,24-26,35-36H,11-16,18-21H2,1-4H3/b6-5+/t24?,25-,26?,30?,31?,32?/m1/s1. The van der Waals surface area contributed by atoms with E-state index in [4.69, 9.17) is 14.7 Å². The van der Waals surface area contributed by atoms with E-state index in [2.05, 4.69) is 51.1 Å². The van der Waals surface area contributed by atoms with Gasteiger partial charge in [-0.25, -0.2) is 0 Å². The van der Waals surface area contributed by atoms with Gasteiger partial charge in [0, 0.05) is 35.7 Å². The van der Waals surface area contributed by atoms with Crippen LogP contribution in [0.3, 0.4) is 0 Å². The molecule has 2 N–H and O–H groups in total. The zero-order chi connectivity index (χ0) is 27.0. The van der Waals surface area contributed by atoms with Gasteiger partial charge in [-0.15, -0.1) is 0 Å². The van der Waals surface area contributed by atoms with Crippen molar-refractivity contribution in [3.05, 3.63) is 52.6 Å². The summed E-state index contributed by atoms with van der Waals surface area (Å²) in [4.78, 5) is 0. The molecule has 3 saturated carbocycles. The number of hydrogen-bond donors (Lipinski definition) is 2. The first-order valence-corrected chi connectivity index (χ1v) is 14.5. The first-order valence-electron chi connectivity index (χ1n) is 14.5. The summed E-state index contributed by atoms with van der Waals surface area (Å²) in [6.07, 6.45) is 9.85. The maximum atomic E-state index is 12.3. The van der Waals surface area contributed by atoms with Crippen LogP contribution in [-0.2, 0) is 9.47 Å². The van der Waals surface area contributed by atoms with E-state index in [1.807, 2.05) is 13.0 Å². The average molecular weight is 518 g/mol. The molecule has 6 rings (SSSR count). The van der Waals surface area contributed by atoms with Gasteiger partial charge in [-0.05, 0) is 80.1 Å². The summed E-state index contributed by atoms with van der Waals surface area (Å²) >= 11 is 0. The Morgan fingerprint density at radius 3 is 2.37 bits per heavy atom. The number of fused-ring (bicyclic) bond motifs is 4. The minimum Gasteiger partial charge on any atom is -0.390 e. The van der Waals surface area contributed by atoms with Crippen molar-refractivity contribution < 1.29 is 19.7 Å². The lowest BCUT2D eigenvalue weighted by atomic mass is 9.50. The molecule has 5 nitrogen and oxygen atoms in total. The molecular formula is C33H43NO4. The van der Waals surface area contributed by atoms with Crippen LogP contribution < -0.4 is 0 Å². The highest BCUT2D eigenvalue weighted by atomic mass is 16.7. The molecule has 4 fully saturated rings. The van der Waals surface area contributed by atoms with Gasteiger partial charge in [0.1, 0.15) is 0 Å². The zero-order valence-corrected chi connectivity index (χ0v) is 23.4. The molecule has 1 spiro atoms. The smallest absolute Gasteiger partial charge is 0.171 e. The van der Waals surface area contributed by atoms with Crippen LogP contribution in [0.2, 0.25) is 0 Å². The van der Waals surface area contributed by atoms with Crippen LogP contribution in [0.1, 0.15) is 96.1 Å². The minimum atomic E-state index is -0.909. The average Bonchev–Trinajstić information content (AvgIpc) is 3.12. The van der Waals surface area contributed by atoms with Crippen LogP contribution in [0.15, 0.2) is 41.5 Å². The summed E-state index contributed by atoms with van der Waals surface area (Å²) in [5.41, 5.74) is 3.14. The van der Waals surface area contributed by atoms with E-state index >= 15 is 0 Å².